The van der Waals surface area contributed by atoms with Crippen molar-refractivity contribution in [2.24, 2.45) is 5.73 Å². The number of unbranched alkanes of at least 4 members (excludes halogenated alkanes) is 1. The van der Waals surface area contributed by atoms with Gasteiger partial charge >= 0.3 is 6.09 Å². The van der Waals surface area contributed by atoms with Gasteiger partial charge in [0.05, 0.1) is 39.0 Å². The molecule has 4 aromatic carbocycles. The van der Waals surface area contributed by atoms with E-state index in [4.69, 9.17) is 24.7 Å². The van der Waals surface area contributed by atoms with Crippen molar-refractivity contribution in [2.45, 2.75) is 56.1 Å². The van der Waals surface area contributed by atoms with Gasteiger partial charge in [0.2, 0.25) is 5.91 Å². The number of aliphatic hydroxyl groups excluding tert-OH is 1. The molecule has 0 aliphatic carbocycles. The topological polar surface area (TPSA) is 133 Å². The Kier molecular flexibility index (Phi) is 12.9. The number of hydrogen-bond donors (Lipinski definition) is 3. The normalized spacial score (nSPS) is 16.4. The highest BCUT2D eigenvalue weighted by Gasteiger charge is 2.42. The van der Waals surface area contributed by atoms with Crippen molar-refractivity contribution in [1.29, 1.82) is 0 Å². The molecule has 10 heteroatoms. The fraction of sp³-hybridized carbons (Fsp3) is 0.350. The summed E-state index contributed by atoms with van der Waals surface area (Å²) in [5, 5.41) is 13.5. The maximum absolute atomic E-state index is 13.7. The Morgan fingerprint density at radius 1 is 0.840 bits per heavy atom. The highest BCUT2D eigenvalue weighted by atomic mass is 16.5. The lowest BCUT2D eigenvalue weighted by Gasteiger charge is -2.38. The van der Waals surface area contributed by atoms with E-state index >= 15 is 0 Å². The van der Waals surface area contributed by atoms with Gasteiger partial charge in [0, 0.05) is 13.1 Å². The zero-order valence-electron chi connectivity index (χ0n) is 28.7. The second-order valence-corrected chi connectivity index (χ2v) is 12.4. The number of rotatable bonds is 16. The molecule has 10 nitrogen and oxygen atoms in total. The van der Waals surface area contributed by atoms with Crippen molar-refractivity contribution in [3.63, 3.8) is 0 Å². The first-order valence-electron chi connectivity index (χ1n) is 17.0. The van der Waals surface area contributed by atoms with Crippen LogP contribution in [0.3, 0.4) is 0 Å². The summed E-state index contributed by atoms with van der Waals surface area (Å²) in [4.78, 5) is 27.4. The highest BCUT2D eigenvalue weighted by Crippen LogP contribution is 2.42. The molecule has 1 heterocycles. The van der Waals surface area contributed by atoms with Gasteiger partial charge in [0.1, 0.15) is 23.7 Å². The van der Waals surface area contributed by atoms with E-state index in [1.54, 1.807) is 19.1 Å². The number of benzene rings is 4. The Balaban J connectivity index is 1.25. The van der Waals surface area contributed by atoms with E-state index in [0.717, 1.165) is 22.3 Å². The van der Waals surface area contributed by atoms with Gasteiger partial charge in [-0.1, -0.05) is 84.9 Å². The van der Waals surface area contributed by atoms with Gasteiger partial charge in [-0.25, -0.2) is 4.79 Å². The molecule has 5 rings (SSSR count). The molecule has 264 valence electrons. The van der Waals surface area contributed by atoms with Gasteiger partial charge in [-0.05, 0) is 72.2 Å². The molecule has 1 saturated heterocycles. The number of hydrogen-bond acceptors (Lipinski definition) is 8. The molecule has 0 bridgehead atoms. The quantitative estimate of drug-likeness (QED) is 0.106. The van der Waals surface area contributed by atoms with E-state index in [9.17, 15) is 14.7 Å². The van der Waals surface area contributed by atoms with Crippen LogP contribution in [0.2, 0.25) is 0 Å². The molecular weight excluding hydrogens is 634 g/mol. The van der Waals surface area contributed by atoms with Crippen LogP contribution in [0, 0.1) is 0 Å². The summed E-state index contributed by atoms with van der Waals surface area (Å²) in [6.07, 6.45) is 0.891. The highest BCUT2D eigenvalue weighted by molar-refractivity contribution is 5.82. The molecule has 0 aromatic heterocycles. The summed E-state index contributed by atoms with van der Waals surface area (Å²) in [6, 6.07) is 33.8. The van der Waals surface area contributed by atoms with Crippen LogP contribution in [0.15, 0.2) is 109 Å². The first kappa shape index (κ1) is 36.4. The Morgan fingerprint density at radius 2 is 1.40 bits per heavy atom. The summed E-state index contributed by atoms with van der Waals surface area (Å²) in [6.45, 7) is 0.938. The van der Waals surface area contributed by atoms with Crippen molar-refractivity contribution < 1.29 is 33.6 Å². The molecule has 4 N–H and O–H groups in total. The minimum absolute atomic E-state index is 0.150. The molecule has 0 spiro atoms. The maximum Gasteiger partial charge on any atom is 0.407 e. The standard InChI is InChI=1S/C40H47N3O7/c1-47-35-20-16-31(17-21-35)40(30-13-7-4-8-14-30,32-18-22-36(48-2)23-19-32)50-28-33-25-34(44)26-43(33)38(45)37(41)15-9-10-24-42-39(46)49-27-29-11-5-3-6-12-29/h3-8,11-14,16-23,33-34,37,44H,9-10,15,24-28,41H2,1-2H3,(H,42,46)/t33-,34+,37-/m0/s1. The molecule has 1 aliphatic heterocycles. The number of nitrogens with one attached hydrogen (secondary N) is 1. The molecule has 0 unspecified atom stereocenters. The molecule has 1 aliphatic rings. The van der Waals surface area contributed by atoms with Crippen molar-refractivity contribution in [1.82, 2.24) is 10.2 Å². The zero-order chi connectivity index (χ0) is 35.3. The molecule has 0 saturated carbocycles. The number of amides is 2. The predicted octanol–water partition coefficient (Wildman–Crippen LogP) is 5.40. The third-order valence-corrected chi connectivity index (χ3v) is 9.08. The van der Waals surface area contributed by atoms with Gasteiger partial charge in [0.15, 0.2) is 0 Å². The monoisotopic (exact) mass is 681 g/mol. The number of aliphatic hydroxyl groups is 1. The number of methoxy groups -OCH3 is 2. The second kappa shape index (κ2) is 17.7. The minimum Gasteiger partial charge on any atom is -0.497 e. The van der Waals surface area contributed by atoms with Gasteiger partial charge in [-0.3, -0.25) is 4.79 Å². The molecule has 3 atom stereocenters. The summed E-state index contributed by atoms with van der Waals surface area (Å²) in [5.41, 5.74) is 8.93. The Hall–Kier alpha value is -4.90. The summed E-state index contributed by atoms with van der Waals surface area (Å²) < 4.78 is 23.2. The van der Waals surface area contributed by atoms with Crippen LogP contribution in [-0.4, -0.2) is 74.1 Å². The van der Waals surface area contributed by atoms with Crippen molar-refractivity contribution >= 4 is 12.0 Å². The minimum atomic E-state index is -1.06. The number of ether oxygens (including phenoxy) is 4. The molecular formula is C40H47N3O7. The summed E-state index contributed by atoms with van der Waals surface area (Å²) in [5.74, 6) is 1.20. The van der Waals surface area contributed by atoms with Crippen LogP contribution >= 0.6 is 0 Å². The Morgan fingerprint density at radius 3 is 1.98 bits per heavy atom. The summed E-state index contributed by atoms with van der Waals surface area (Å²) >= 11 is 0. The largest absolute Gasteiger partial charge is 0.497 e. The average Bonchev–Trinajstić information content (AvgIpc) is 3.54. The lowest BCUT2D eigenvalue weighted by atomic mass is 9.80. The predicted molar refractivity (Wildman–Crippen MR) is 191 cm³/mol. The number of alkyl carbamates (subject to hydrolysis) is 1. The molecule has 0 radical (unpaired) electrons. The number of likely N-dealkylation sites (tertiary alicyclic amines) is 1. The molecule has 1 fully saturated rings. The SMILES string of the molecule is COc1ccc(C(OC[C@@H]2C[C@@H](O)CN2C(=O)[C@@H](N)CCCCNC(=O)OCc2ccccc2)(c2ccccc2)c2ccc(OC)cc2)cc1. The maximum atomic E-state index is 13.7. The number of nitrogens with two attached hydrogens (primary N) is 1. The van der Waals surface area contributed by atoms with Crippen LogP contribution < -0.4 is 20.5 Å². The summed E-state index contributed by atoms with van der Waals surface area (Å²) in [7, 11) is 3.25. The van der Waals surface area contributed by atoms with E-state index in [2.05, 4.69) is 5.32 Å². The Labute approximate surface area is 294 Å². The van der Waals surface area contributed by atoms with Crippen LogP contribution in [0.25, 0.3) is 0 Å². The van der Waals surface area contributed by atoms with Gasteiger partial charge in [0.25, 0.3) is 0 Å². The van der Waals surface area contributed by atoms with Gasteiger partial charge in [-0.15, -0.1) is 0 Å². The van der Waals surface area contributed by atoms with Crippen LogP contribution in [-0.2, 0) is 26.5 Å². The number of carbonyl (C=O) groups is 2. The van der Waals surface area contributed by atoms with E-state index in [-0.39, 0.29) is 25.7 Å². The third-order valence-electron chi connectivity index (χ3n) is 9.08. The van der Waals surface area contributed by atoms with E-state index in [1.165, 1.54) is 0 Å². The molecule has 50 heavy (non-hydrogen) atoms. The molecule has 4 aromatic rings. The Bertz CT molecular complexity index is 1590. The zero-order valence-corrected chi connectivity index (χ0v) is 28.7. The third kappa shape index (κ3) is 9.01. The average molecular weight is 682 g/mol. The fourth-order valence-electron chi connectivity index (χ4n) is 6.41. The number of carbonyl (C=O) groups excluding carboxylic acids is 2. The number of nitrogens with zero attached hydrogens (tertiary/aromatic N) is 1. The lowest BCUT2D eigenvalue weighted by molar-refractivity contribution is -0.136. The van der Waals surface area contributed by atoms with E-state index < -0.39 is 29.9 Å². The van der Waals surface area contributed by atoms with Crippen molar-refractivity contribution in [3.05, 3.63) is 131 Å². The number of β-amino-alcohol motifs (C(OH)–C–C–N with tert-alkyl or cyclic N) is 1. The smallest absolute Gasteiger partial charge is 0.407 e. The van der Waals surface area contributed by atoms with Gasteiger partial charge < -0.3 is 40.0 Å². The fourth-order valence-corrected chi connectivity index (χ4v) is 6.41. The van der Waals surface area contributed by atoms with Crippen LogP contribution in [0.5, 0.6) is 11.5 Å². The van der Waals surface area contributed by atoms with Gasteiger partial charge in [-0.2, -0.15) is 0 Å². The first-order chi connectivity index (χ1) is 24.3. The van der Waals surface area contributed by atoms with Crippen molar-refractivity contribution in [3.8, 4) is 11.5 Å². The second-order valence-electron chi connectivity index (χ2n) is 12.4. The first-order valence-corrected chi connectivity index (χ1v) is 17.0. The van der Waals surface area contributed by atoms with Crippen LogP contribution in [0.4, 0.5) is 4.79 Å². The van der Waals surface area contributed by atoms with E-state index in [1.807, 2.05) is 109 Å². The lowest BCUT2D eigenvalue weighted by Crippen LogP contribution is -2.48. The van der Waals surface area contributed by atoms with Crippen molar-refractivity contribution in [2.75, 3.05) is 33.9 Å². The van der Waals surface area contributed by atoms with Crippen LogP contribution in [0.1, 0.15) is 47.9 Å². The van der Waals surface area contributed by atoms with E-state index in [0.29, 0.717) is 43.7 Å². The molecule has 2 amide bonds.